The first kappa shape index (κ1) is 29.9. The van der Waals surface area contributed by atoms with Gasteiger partial charge in [-0.15, -0.1) is 24.5 Å². The summed E-state index contributed by atoms with van der Waals surface area (Å²) in [6.45, 7) is 2.14. The Morgan fingerprint density at radius 2 is 1.68 bits per heavy atom. The van der Waals surface area contributed by atoms with Gasteiger partial charge in [0.2, 0.25) is 0 Å². The van der Waals surface area contributed by atoms with Crippen LogP contribution in [0.1, 0.15) is 68.6 Å². The van der Waals surface area contributed by atoms with Crippen molar-refractivity contribution < 1.29 is 27.5 Å². The number of alkyl halides is 3. The third-order valence-corrected chi connectivity index (χ3v) is 8.51. The molecular formula is C29H32F3N3O3S2. The number of hydrogen-bond donors (Lipinski definition) is 2. The molecule has 0 bridgehead atoms. The number of ether oxygens (including phenoxy) is 1. The predicted octanol–water partition coefficient (Wildman–Crippen LogP) is 7.76. The highest BCUT2D eigenvalue weighted by molar-refractivity contribution is 7.97. The molecule has 4 rings (SSSR count). The standard InChI is InChI=1S/C29H32F3N3O3S2/c1-2-3-7-18-40-35-27(37)28(16-5-4-6-17-28)34-25(36)21-8-10-22(11-9-21)26-33-24(19-39-26)20-12-14-23(15-13-20)38-29(30,31)32/h8-15,19H,2-7,16-18H2,1H3,(H,34,36)(H,35,37). The van der Waals surface area contributed by atoms with Gasteiger partial charge in [0.15, 0.2) is 0 Å². The SMILES string of the molecule is CCCCCSNC(=O)C1(NC(=O)c2ccc(-c3nc(-c4ccc(OC(F)(F)F)cc4)cs3)cc2)CCCCC1. The van der Waals surface area contributed by atoms with Crippen LogP contribution in [0.5, 0.6) is 5.75 Å². The van der Waals surface area contributed by atoms with Crippen LogP contribution in [0.3, 0.4) is 0 Å². The molecule has 0 radical (unpaired) electrons. The zero-order valence-corrected chi connectivity index (χ0v) is 23.8. The van der Waals surface area contributed by atoms with Crippen molar-refractivity contribution >= 4 is 35.1 Å². The van der Waals surface area contributed by atoms with Crippen LogP contribution in [0, 0.1) is 0 Å². The Balaban J connectivity index is 1.40. The smallest absolute Gasteiger partial charge is 0.406 e. The maximum Gasteiger partial charge on any atom is 0.573 e. The van der Waals surface area contributed by atoms with Crippen molar-refractivity contribution in [2.75, 3.05) is 5.75 Å². The number of carbonyl (C=O) groups excluding carboxylic acids is 2. The summed E-state index contributed by atoms with van der Waals surface area (Å²) in [4.78, 5) is 30.9. The molecule has 11 heteroatoms. The van der Waals surface area contributed by atoms with Crippen LogP contribution in [0.2, 0.25) is 0 Å². The van der Waals surface area contributed by atoms with Crippen LogP contribution < -0.4 is 14.8 Å². The van der Waals surface area contributed by atoms with E-state index in [9.17, 15) is 22.8 Å². The van der Waals surface area contributed by atoms with Crippen molar-refractivity contribution in [2.45, 2.75) is 70.2 Å². The van der Waals surface area contributed by atoms with E-state index in [1.54, 1.807) is 24.3 Å². The monoisotopic (exact) mass is 591 g/mol. The lowest BCUT2D eigenvalue weighted by molar-refractivity contribution is -0.274. The lowest BCUT2D eigenvalue weighted by Gasteiger charge is -2.36. The van der Waals surface area contributed by atoms with E-state index >= 15 is 0 Å². The van der Waals surface area contributed by atoms with E-state index in [-0.39, 0.29) is 17.6 Å². The minimum atomic E-state index is -4.74. The van der Waals surface area contributed by atoms with Crippen LogP contribution in [-0.2, 0) is 4.79 Å². The van der Waals surface area contributed by atoms with E-state index in [1.165, 1.54) is 47.6 Å². The van der Waals surface area contributed by atoms with Crippen LogP contribution in [0.25, 0.3) is 21.8 Å². The van der Waals surface area contributed by atoms with E-state index in [0.717, 1.165) is 49.8 Å². The summed E-state index contributed by atoms with van der Waals surface area (Å²) >= 11 is 2.80. The van der Waals surface area contributed by atoms with Gasteiger partial charge in [0.25, 0.3) is 11.8 Å². The summed E-state index contributed by atoms with van der Waals surface area (Å²) in [5.41, 5.74) is 1.63. The van der Waals surface area contributed by atoms with Crippen molar-refractivity contribution in [1.29, 1.82) is 0 Å². The topological polar surface area (TPSA) is 80.3 Å². The molecule has 2 N–H and O–H groups in total. The fourth-order valence-corrected chi connectivity index (χ4v) is 6.23. The minimum Gasteiger partial charge on any atom is -0.406 e. The zero-order valence-electron chi connectivity index (χ0n) is 22.2. The lowest BCUT2D eigenvalue weighted by atomic mass is 9.81. The second kappa shape index (κ2) is 13.5. The molecule has 40 heavy (non-hydrogen) atoms. The van der Waals surface area contributed by atoms with Gasteiger partial charge < -0.3 is 10.1 Å². The van der Waals surface area contributed by atoms with Crippen molar-refractivity contribution in [3.8, 4) is 27.6 Å². The van der Waals surface area contributed by atoms with E-state index in [4.69, 9.17) is 0 Å². The van der Waals surface area contributed by atoms with Crippen molar-refractivity contribution in [3.63, 3.8) is 0 Å². The van der Waals surface area contributed by atoms with Gasteiger partial charge in [-0.3, -0.25) is 14.3 Å². The molecule has 1 aliphatic rings. The molecule has 0 saturated heterocycles. The zero-order chi connectivity index (χ0) is 28.6. The third kappa shape index (κ3) is 8.00. The molecule has 6 nitrogen and oxygen atoms in total. The maximum atomic E-state index is 13.2. The van der Waals surface area contributed by atoms with Crippen molar-refractivity contribution in [3.05, 3.63) is 59.5 Å². The fraction of sp³-hybridized carbons (Fsp3) is 0.414. The average Bonchev–Trinajstić information content (AvgIpc) is 3.43. The number of hydrogen-bond acceptors (Lipinski definition) is 6. The highest BCUT2D eigenvalue weighted by Crippen LogP contribution is 2.32. The van der Waals surface area contributed by atoms with Crippen LogP contribution >= 0.6 is 23.3 Å². The number of carbonyl (C=O) groups is 2. The van der Waals surface area contributed by atoms with Crippen molar-refractivity contribution in [2.24, 2.45) is 0 Å². The molecule has 0 unspecified atom stereocenters. The Morgan fingerprint density at radius 3 is 2.33 bits per heavy atom. The molecule has 1 aliphatic carbocycles. The molecule has 0 atom stereocenters. The van der Waals surface area contributed by atoms with E-state index in [2.05, 4.69) is 26.7 Å². The van der Waals surface area contributed by atoms with Crippen molar-refractivity contribution in [1.82, 2.24) is 15.0 Å². The summed E-state index contributed by atoms with van der Waals surface area (Å²) in [5, 5.41) is 5.58. The summed E-state index contributed by atoms with van der Waals surface area (Å²) in [5.74, 6) is 0.132. The number of thiazole rings is 1. The maximum absolute atomic E-state index is 13.2. The van der Waals surface area contributed by atoms with Crippen LogP contribution in [-0.4, -0.2) is 34.5 Å². The largest absolute Gasteiger partial charge is 0.573 e. The molecule has 0 aliphatic heterocycles. The fourth-order valence-electron chi connectivity index (χ4n) is 4.62. The summed E-state index contributed by atoms with van der Waals surface area (Å²) in [7, 11) is 0. The molecule has 0 spiro atoms. The highest BCUT2D eigenvalue weighted by Gasteiger charge is 2.41. The Bertz CT molecular complexity index is 1270. The summed E-state index contributed by atoms with van der Waals surface area (Å²) in [6.07, 6.45) is 2.59. The van der Waals surface area contributed by atoms with E-state index < -0.39 is 11.9 Å². The molecule has 214 valence electrons. The number of nitrogens with zero attached hydrogens (tertiary/aromatic N) is 1. The number of benzene rings is 2. The Morgan fingerprint density at radius 1 is 1.00 bits per heavy atom. The molecule has 2 amide bonds. The molecule has 1 saturated carbocycles. The van der Waals surface area contributed by atoms with Gasteiger partial charge in [0.1, 0.15) is 16.3 Å². The lowest BCUT2D eigenvalue weighted by Crippen LogP contribution is -2.58. The predicted molar refractivity (Wildman–Crippen MR) is 153 cm³/mol. The Hall–Kier alpha value is -3.05. The molecule has 1 fully saturated rings. The van der Waals surface area contributed by atoms with Gasteiger partial charge in [-0.05, 0) is 55.7 Å². The van der Waals surface area contributed by atoms with Crippen LogP contribution in [0.4, 0.5) is 13.2 Å². The number of halogens is 3. The van der Waals surface area contributed by atoms with Gasteiger partial charge >= 0.3 is 6.36 Å². The number of nitrogens with one attached hydrogen (secondary N) is 2. The number of unbranched alkanes of at least 4 members (excludes halogenated alkanes) is 2. The highest BCUT2D eigenvalue weighted by atomic mass is 32.2. The van der Waals surface area contributed by atoms with E-state index in [1.807, 2.05) is 5.38 Å². The summed E-state index contributed by atoms with van der Waals surface area (Å²) in [6, 6.07) is 12.6. The Labute approximate surface area is 240 Å². The van der Waals surface area contributed by atoms with Gasteiger partial charge in [0.05, 0.1) is 5.69 Å². The van der Waals surface area contributed by atoms with E-state index in [0.29, 0.717) is 34.7 Å². The Kier molecular flexibility index (Phi) is 10.1. The molecule has 3 aromatic rings. The average molecular weight is 592 g/mol. The third-order valence-electron chi connectivity index (χ3n) is 6.79. The molecular weight excluding hydrogens is 559 g/mol. The van der Waals surface area contributed by atoms with Gasteiger partial charge in [-0.2, -0.15) is 0 Å². The first-order valence-electron chi connectivity index (χ1n) is 13.4. The second-order valence-corrected chi connectivity index (χ2v) is 11.5. The first-order chi connectivity index (χ1) is 19.2. The number of aromatic nitrogens is 1. The minimum absolute atomic E-state index is 0.132. The van der Waals surface area contributed by atoms with Gasteiger partial charge in [-0.1, -0.05) is 63.1 Å². The van der Waals surface area contributed by atoms with Crippen LogP contribution in [0.15, 0.2) is 53.9 Å². The normalized spacial score (nSPS) is 14.9. The molecule has 1 aromatic heterocycles. The molecule has 2 aromatic carbocycles. The second-order valence-electron chi connectivity index (χ2n) is 9.77. The number of rotatable bonds is 11. The van der Waals surface area contributed by atoms with Gasteiger partial charge in [-0.25, -0.2) is 4.98 Å². The quantitative estimate of drug-likeness (QED) is 0.176. The number of amides is 2. The van der Waals surface area contributed by atoms with Gasteiger partial charge in [0, 0.05) is 27.8 Å². The molecule has 1 heterocycles. The first-order valence-corrected chi connectivity index (χ1v) is 15.2. The summed E-state index contributed by atoms with van der Waals surface area (Å²) < 4.78 is 44.1.